The number of carbonyl (C=O) groups is 2. The van der Waals surface area contributed by atoms with Gasteiger partial charge in [-0.3, -0.25) is 9.59 Å². The van der Waals surface area contributed by atoms with Gasteiger partial charge in [0.15, 0.2) is 5.96 Å². The van der Waals surface area contributed by atoms with Crippen LogP contribution >= 0.6 is 0 Å². The molecule has 0 saturated heterocycles. The van der Waals surface area contributed by atoms with Crippen LogP contribution in [0.4, 0.5) is 5.69 Å². The zero-order valence-corrected chi connectivity index (χ0v) is 24.6. The molecule has 2 saturated carbocycles. The highest BCUT2D eigenvalue weighted by Gasteiger charge is 2.36. The van der Waals surface area contributed by atoms with Crippen LogP contribution in [-0.2, 0) is 16.1 Å². The minimum atomic E-state index is -0.568. The number of benzene rings is 2. The van der Waals surface area contributed by atoms with E-state index in [1.165, 1.54) is 25.7 Å². The van der Waals surface area contributed by atoms with E-state index in [4.69, 9.17) is 10.5 Å². The molecule has 0 spiro atoms. The van der Waals surface area contributed by atoms with E-state index in [9.17, 15) is 9.59 Å². The van der Waals surface area contributed by atoms with Gasteiger partial charge in [0.1, 0.15) is 17.5 Å². The van der Waals surface area contributed by atoms with Crippen molar-refractivity contribution < 1.29 is 14.3 Å². The lowest BCUT2D eigenvalue weighted by molar-refractivity contribution is -0.138. The summed E-state index contributed by atoms with van der Waals surface area (Å²) >= 11 is 0. The number of amides is 2. The minimum Gasteiger partial charge on any atom is -0.457 e. The summed E-state index contributed by atoms with van der Waals surface area (Å²) in [5.74, 6) is 1.89. The Bertz CT molecular complexity index is 1220. The molecule has 0 radical (unpaired) electrons. The number of hydrogen-bond acceptors (Lipinski definition) is 6. The maximum absolute atomic E-state index is 14.1. The molecule has 8 heteroatoms. The molecule has 1 atom stereocenters. The highest BCUT2D eigenvalue weighted by atomic mass is 16.5. The van der Waals surface area contributed by atoms with Gasteiger partial charge in [-0.25, -0.2) is 4.99 Å². The third kappa shape index (κ3) is 7.03. The number of carbonyl (C=O) groups excluding carboxylic acids is 2. The summed E-state index contributed by atoms with van der Waals surface area (Å²) in [6.07, 6.45) is 12.0. The highest BCUT2D eigenvalue weighted by molar-refractivity contribution is 5.91. The van der Waals surface area contributed by atoms with Gasteiger partial charge in [0.05, 0.1) is 5.69 Å². The summed E-state index contributed by atoms with van der Waals surface area (Å²) in [7, 11) is 3.84. The molecule has 8 nitrogen and oxygen atoms in total. The number of aliphatic imine (C=N–C) groups is 1. The Morgan fingerprint density at radius 1 is 0.902 bits per heavy atom. The first-order chi connectivity index (χ1) is 19.9. The van der Waals surface area contributed by atoms with Crippen molar-refractivity contribution in [2.45, 2.75) is 102 Å². The van der Waals surface area contributed by atoms with E-state index in [-0.39, 0.29) is 17.9 Å². The molecular formula is C33H45N5O3. The normalized spacial score (nSPS) is 18.7. The van der Waals surface area contributed by atoms with Gasteiger partial charge in [-0.05, 0) is 62.4 Å². The lowest BCUT2D eigenvalue weighted by Crippen LogP contribution is -2.55. The molecule has 0 bridgehead atoms. The van der Waals surface area contributed by atoms with Crippen molar-refractivity contribution in [3.05, 3.63) is 54.1 Å². The van der Waals surface area contributed by atoms with E-state index >= 15 is 0 Å². The van der Waals surface area contributed by atoms with Crippen LogP contribution in [-0.4, -0.2) is 64.7 Å². The maximum atomic E-state index is 14.1. The van der Waals surface area contributed by atoms with Crippen molar-refractivity contribution in [2.75, 3.05) is 14.1 Å². The summed E-state index contributed by atoms with van der Waals surface area (Å²) < 4.78 is 6.07. The van der Waals surface area contributed by atoms with Gasteiger partial charge in [0.25, 0.3) is 0 Å². The molecule has 1 unspecified atom stereocenters. The fourth-order valence-corrected chi connectivity index (χ4v) is 6.61. The number of hydrogen-bond donors (Lipinski definition) is 1. The first-order valence-corrected chi connectivity index (χ1v) is 15.4. The largest absolute Gasteiger partial charge is 0.457 e. The van der Waals surface area contributed by atoms with E-state index in [1.54, 1.807) is 0 Å². The second kappa shape index (κ2) is 13.4. The van der Waals surface area contributed by atoms with Crippen molar-refractivity contribution in [1.29, 1.82) is 0 Å². The number of guanidine groups is 1. The summed E-state index contributed by atoms with van der Waals surface area (Å²) in [5, 5.41) is 0. The third-order valence-corrected chi connectivity index (χ3v) is 9.18. The fourth-order valence-electron chi connectivity index (χ4n) is 6.61. The van der Waals surface area contributed by atoms with Gasteiger partial charge in [-0.2, -0.15) is 0 Å². The van der Waals surface area contributed by atoms with Crippen LogP contribution in [0.15, 0.2) is 53.5 Å². The van der Waals surface area contributed by atoms with Gasteiger partial charge in [-0.1, -0.05) is 56.7 Å². The molecular weight excluding hydrogens is 514 g/mol. The number of ether oxygens (including phenoxy) is 1. The number of nitrogens with two attached hydrogens (primary N) is 1. The summed E-state index contributed by atoms with van der Waals surface area (Å²) in [4.78, 5) is 37.9. The Hall–Kier alpha value is -3.55. The third-order valence-electron chi connectivity index (χ3n) is 9.18. The van der Waals surface area contributed by atoms with Crippen molar-refractivity contribution >= 4 is 23.5 Å². The van der Waals surface area contributed by atoms with Crippen molar-refractivity contribution in [2.24, 2.45) is 10.7 Å². The first-order valence-electron chi connectivity index (χ1n) is 15.4. The summed E-state index contributed by atoms with van der Waals surface area (Å²) in [5.41, 5.74) is 8.25. The van der Waals surface area contributed by atoms with Crippen molar-refractivity contribution in [1.82, 2.24) is 14.7 Å². The molecule has 2 aromatic rings. The van der Waals surface area contributed by atoms with Crippen molar-refractivity contribution in [3.63, 3.8) is 0 Å². The van der Waals surface area contributed by atoms with E-state index in [1.807, 2.05) is 77.3 Å². The fraction of sp³-hybridized carbons (Fsp3) is 0.545. The number of nitrogens with zero attached hydrogens (tertiary/aromatic N) is 4. The Balaban J connectivity index is 1.35. The summed E-state index contributed by atoms with van der Waals surface area (Å²) in [6, 6.07) is 15.4. The van der Waals surface area contributed by atoms with Crippen LogP contribution in [0.25, 0.3) is 0 Å². The highest BCUT2D eigenvalue weighted by Crippen LogP contribution is 2.33. The van der Waals surface area contributed by atoms with E-state index < -0.39 is 6.04 Å². The second-order valence-corrected chi connectivity index (χ2v) is 11.9. The Labute approximate surface area is 244 Å². The van der Waals surface area contributed by atoms with Crippen LogP contribution in [0.5, 0.6) is 11.5 Å². The van der Waals surface area contributed by atoms with Gasteiger partial charge in [-0.15, -0.1) is 0 Å². The van der Waals surface area contributed by atoms with Crippen LogP contribution in [0.1, 0.15) is 82.6 Å². The smallest absolute Gasteiger partial charge is 0.245 e. The average molecular weight is 560 g/mol. The first kappa shape index (κ1) is 29.0. The van der Waals surface area contributed by atoms with Gasteiger partial charge < -0.3 is 25.2 Å². The maximum Gasteiger partial charge on any atom is 0.245 e. The van der Waals surface area contributed by atoms with Crippen LogP contribution < -0.4 is 10.5 Å². The van der Waals surface area contributed by atoms with Crippen molar-refractivity contribution in [3.8, 4) is 11.5 Å². The predicted octanol–water partition coefficient (Wildman–Crippen LogP) is 5.97. The molecule has 220 valence electrons. The zero-order chi connectivity index (χ0) is 28.8. The molecule has 2 aliphatic carbocycles. The number of likely N-dealkylation sites (N-methyl/N-ethyl adjacent to an activating group) is 1. The molecule has 5 rings (SSSR count). The SMILES string of the molecule is CN(C(=O)CCC(C(=O)N(C)C1CCCCC1)N1Cc2cc(Oc3ccccc3)ccc2N=C1N)C1CCCCC1. The molecule has 2 aromatic carbocycles. The average Bonchev–Trinajstić information content (AvgIpc) is 3.01. The van der Waals surface area contributed by atoms with Crippen LogP contribution in [0.2, 0.25) is 0 Å². The van der Waals surface area contributed by atoms with E-state index in [0.717, 1.165) is 55.5 Å². The lowest BCUT2D eigenvalue weighted by Gasteiger charge is -2.39. The predicted molar refractivity (Wildman–Crippen MR) is 162 cm³/mol. The Kier molecular flexibility index (Phi) is 9.47. The Morgan fingerprint density at radius 3 is 2.20 bits per heavy atom. The van der Waals surface area contributed by atoms with Gasteiger partial charge in [0, 0.05) is 44.7 Å². The van der Waals surface area contributed by atoms with Crippen LogP contribution in [0.3, 0.4) is 0 Å². The molecule has 1 aliphatic heterocycles. The van der Waals surface area contributed by atoms with E-state index in [0.29, 0.717) is 37.1 Å². The number of rotatable bonds is 9. The Morgan fingerprint density at radius 2 is 1.54 bits per heavy atom. The molecule has 41 heavy (non-hydrogen) atoms. The molecule has 2 fully saturated rings. The molecule has 3 aliphatic rings. The van der Waals surface area contributed by atoms with Gasteiger partial charge in [0.2, 0.25) is 11.8 Å². The topological polar surface area (TPSA) is 91.5 Å². The van der Waals surface area contributed by atoms with Gasteiger partial charge >= 0.3 is 0 Å². The summed E-state index contributed by atoms with van der Waals surface area (Å²) in [6.45, 7) is 0.429. The van der Waals surface area contributed by atoms with E-state index in [2.05, 4.69) is 4.99 Å². The molecule has 2 N–H and O–H groups in total. The zero-order valence-electron chi connectivity index (χ0n) is 24.6. The van der Waals surface area contributed by atoms with Crippen LogP contribution in [0, 0.1) is 0 Å². The molecule has 1 heterocycles. The monoisotopic (exact) mass is 559 g/mol. The lowest BCUT2D eigenvalue weighted by atomic mass is 9.93. The second-order valence-electron chi connectivity index (χ2n) is 11.9. The minimum absolute atomic E-state index is 0.0170. The molecule has 2 amide bonds. The molecule has 0 aromatic heterocycles. The number of para-hydroxylation sites is 1. The number of fused-ring (bicyclic) bond motifs is 1. The standard InChI is InChI=1S/C33H45N5O3/c1-36(25-12-6-3-7-13-25)31(39)21-20-30(32(40)37(2)26-14-8-4-9-15-26)38-23-24-22-28(18-19-29(24)35-33(38)34)41-27-16-10-5-11-17-27/h5,10-11,16-19,22,25-26,30H,3-4,6-9,12-15,20-21,23H2,1-2H3,(H2,34,35). The quantitative estimate of drug-likeness (QED) is 0.409.